The zero-order valence-corrected chi connectivity index (χ0v) is 11.6. The van der Waals surface area contributed by atoms with Crippen LogP contribution in [-0.4, -0.2) is 47.8 Å². The van der Waals surface area contributed by atoms with Crippen molar-refractivity contribution >= 4 is 17.7 Å². The van der Waals surface area contributed by atoms with Gasteiger partial charge in [-0.15, -0.1) is 0 Å². The van der Waals surface area contributed by atoms with Crippen LogP contribution < -0.4 is 10.6 Å². The third kappa shape index (κ3) is 5.75. The Kier molecular flexibility index (Phi) is 6.92. The van der Waals surface area contributed by atoms with Crippen molar-refractivity contribution in [3.63, 3.8) is 0 Å². The lowest BCUT2D eigenvalue weighted by molar-refractivity contribution is -0.122. The maximum atomic E-state index is 11.9. The molecule has 0 aromatic carbocycles. The van der Waals surface area contributed by atoms with Crippen LogP contribution >= 0.6 is 11.8 Å². The van der Waals surface area contributed by atoms with Gasteiger partial charge in [0, 0.05) is 43.2 Å². The SMILES string of the molecule is CC(C)C(CCO)NC(=O)CC1CSCCN1. The van der Waals surface area contributed by atoms with E-state index in [0.717, 1.165) is 18.1 Å². The molecule has 0 aliphatic carbocycles. The van der Waals surface area contributed by atoms with Crippen LogP contribution in [0.5, 0.6) is 0 Å². The number of amides is 1. The van der Waals surface area contributed by atoms with E-state index < -0.39 is 0 Å². The second-order valence-electron chi connectivity index (χ2n) is 4.86. The van der Waals surface area contributed by atoms with Crippen molar-refractivity contribution in [2.75, 3.05) is 24.7 Å². The van der Waals surface area contributed by atoms with Gasteiger partial charge in [0.2, 0.25) is 5.91 Å². The molecule has 4 nitrogen and oxygen atoms in total. The smallest absolute Gasteiger partial charge is 0.221 e. The number of rotatable bonds is 6. The molecule has 1 amide bonds. The number of nitrogens with one attached hydrogen (secondary N) is 2. The fourth-order valence-electron chi connectivity index (χ4n) is 1.95. The van der Waals surface area contributed by atoms with Gasteiger partial charge in [0.15, 0.2) is 0 Å². The standard InChI is InChI=1S/C12H24N2O2S/c1-9(2)11(3-5-15)14-12(16)7-10-8-17-6-4-13-10/h9-11,13,15H,3-8H2,1-2H3,(H,14,16). The predicted molar refractivity (Wildman–Crippen MR) is 72.2 cm³/mol. The van der Waals surface area contributed by atoms with Gasteiger partial charge in [-0.2, -0.15) is 11.8 Å². The number of carbonyl (C=O) groups is 1. The third-order valence-corrected chi connectivity index (χ3v) is 4.15. The molecule has 2 unspecified atom stereocenters. The summed E-state index contributed by atoms with van der Waals surface area (Å²) in [5.41, 5.74) is 0. The normalized spacial score (nSPS) is 22.5. The summed E-state index contributed by atoms with van der Waals surface area (Å²) >= 11 is 1.90. The maximum absolute atomic E-state index is 11.9. The summed E-state index contributed by atoms with van der Waals surface area (Å²) in [6, 6.07) is 0.388. The molecule has 17 heavy (non-hydrogen) atoms. The Morgan fingerprint density at radius 3 is 2.88 bits per heavy atom. The molecule has 3 N–H and O–H groups in total. The number of hydrogen-bond acceptors (Lipinski definition) is 4. The molecule has 0 radical (unpaired) electrons. The Balaban J connectivity index is 2.30. The number of aliphatic hydroxyl groups excluding tert-OH is 1. The van der Waals surface area contributed by atoms with E-state index in [0.29, 0.717) is 24.8 Å². The Hall–Kier alpha value is -0.260. The van der Waals surface area contributed by atoms with Crippen LogP contribution in [0.15, 0.2) is 0 Å². The topological polar surface area (TPSA) is 61.4 Å². The third-order valence-electron chi connectivity index (χ3n) is 3.02. The van der Waals surface area contributed by atoms with E-state index in [1.165, 1.54) is 0 Å². The Morgan fingerprint density at radius 2 is 2.35 bits per heavy atom. The summed E-state index contributed by atoms with van der Waals surface area (Å²) in [5, 5.41) is 15.3. The van der Waals surface area contributed by atoms with E-state index in [9.17, 15) is 4.79 Å². The van der Waals surface area contributed by atoms with Gasteiger partial charge in [-0.1, -0.05) is 13.8 Å². The van der Waals surface area contributed by atoms with Crippen molar-refractivity contribution in [3.05, 3.63) is 0 Å². The lowest BCUT2D eigenvalue weighted by atomic mass is 10.0. The molecule has 100 valence electrons. The van der Waals surface area contributed by atoms with Gasteiger partial charge >= 0.3 is 0 Å². The summed E-state index contributed by atoms with van der Waals surface area (Å²) in [4.78, 5) is 11.9. The highest BCUT2D eigenvalue weighted by Gasteiger charge is 2.20. The Labute approximate surface area is 108 Å². The molecule has 1 aliphatic heterocycles. The predicted octanol–water partition coefficient (Wildman–Crippen LogP) is 0.605. The molecule has 0 saturated carbocycles. The number of hydrogen-bond donors (Lipinski definition) is 3. The Bertz CT molecular complexity index is 231. The van der Waals surface area contributed by atoms with Gasteiger partial charge in [-0.05, 0) is 12.3 Å². The molecule has 0 spiro atoms. The number of aliphatic hydroxyl groups is 1. The van der Waals surface area contributed by atoms with Crippen molar-refractivity contribution < 1.29 is 9.90 Å². The van der Waals surface area contributed by atoms with Crippen LogP contribution in [0.3, 0.4) is 0 Å². The minimum Gasteiger partial charge on any atom is -0.396 e. The van der Waals surface area contributed by atoms with Crippen LogP contribution in [0.2, 0.25) is 0 Å². The largest absolute Gasteiger partial charge is 0.396 e. The second-order valence-corrected chi connectivity index (χ2v) is 6.01. The first kappa shape index (κ1) is 14.8. The first-order valence-electron chi connectivity index (χ1n) is 6.34. The van der Waals surface area contributed by atoms with Gasteiger partial charge in [-0.25, -0.2) is 0 Å². The van der Waals surface area contributed by atoms with Crippen molar-refractivity contribution in [1.82, 2.24) is 10.6 Å². The summed E-state index contributed by atoms with van der Waals surface area (Å²) < 4.78 is 0. The fraction of sp³-hybridized carbons (Fsp3) is 0.917. The van der Waals surface area contributed by atoms with Crippen LogP contribution in [0.25, 0.3) is 0 Å². The first-order valence-corrected chi connectivity index (χ1v) is 7.50. The van der Waals surface area contributed by atoms with E-state index in [1.807, 2.05) is 11.8 Å². The zero-order chi connectivity index (χ0) is 12.7. The average molecular weight is 260 g/mol. The van der Waals surface area contributed by atoms with Crippen molar-refractivity contribution in [2.45, 2.75) is 38.8 Å². The van der Waals surface area contributed by atoms with Crippen molar-refractivity contribution in [2.24, 2.45) is 5.92 Å². The fourth-order valence-corrected chi connectivity index (χ4v) is 2.90. The second kappa shape index (κ2) is 7.95. The molecule has 5 heteroatoms. The van der Waals surface area contributed by atoms with E-state index >= 15 is 0 Å². The van der Waals surface area contributed by atoms with Gasteiger partial charge in [0.25, 0.3) is 0 Å². The monoisotopic (exact) mass is 260 g/mol. The van der Waals surface area contributed by atoms with Crippen LogP contribution in [0, 0.1) is 5.92 Å². The maximum Gasteiger partial charge on any atom is 0.221 e. The molecule has 1 rings (SSSR count). The van der Waals surface area contributed by atoms with Crippen LogP contribution in [0.1, 0.15) is 26.7 Å². The molecular weight excluding hydrogens is 236 g/mol. The molecule has 1 fully saturated rings. The van der Waals surface area contributed by atoms with Gasteiger partial charge in [0.1, 0.15) is 0 Å². The first-order chi connectivity index (χ1) is 8.13. The minimum atomic E-state index is 0.0868. The minimum absolute atomic E-state index is 0.0868. The van der Waals surface area contributed by atoms with Gasteiger partial charge < -0.3 is 15.7 Å². The van der Waals surface area contributed by atoms with E-state index in [4.69, 9.17) is 5.11 Å². The van der Waals surface area contributed by atoms with Gasteiger partial charge in [-0.3, -0.25) is 4.79 Å². The molecule has 0 aromatic rings. The zero-order valence-electron chi connectivity index (χ0n) is 10.7. The van der Waals surface area contributed by atoms with E-state index in [-0.39, 0.29) is 18.6 Å². The summed E-state index contributed by atoms with van der Waals surface area (Å²) in [5.74, 6) is 2.61. The lowest BCUT2D eigenvalue weighted by Crippen LogP contribution is -2.45. The molecular formula is C12H24N2O2S. The van der Waals surface area contributed by atoms with E-state index in [1.54, 1.807) is 0 Å². The van der Waals surface area contributed by atoms with Gasteiger partial charge in [0.05, 0.1) is 0 Å². The van der Waals surface area contributed by atoms with E-state index in [2.05, 4.69) is 24.5 Å². The molecule has 2 atom stereocenters. The Morgan fingerprint density at radius 1 is 1.59 bits per heavy atom. The average Bonchev–Trinajstić information content (AvgIpc) is 2.29. The molecule has 1 aliphatic rings. The molecule has 1 saturated heterocycles. The highest BCUT2D eigenvalue weighted by atomic mass is 32.2. The lowest BCUT2D eigenvalue weighted by Gasteiger charge is -2.25. The summed E-state index contributed by atoms with van der Waals surface area (Å²) in [7, 11) is 0. The van der Waals surface area contributed by atoms with Crippen LogP contribution in [0.4, 0.5) is 0 Å². The highest BCUT2D eigenvalue weighted by molar-refractivity contribution is 7.99. The summed E-state index contributed by atoms with van der Waals surface area (Å²) in [6.07, 6.45) is 1.18. The molecule has 1 heterocycles. The number of thioether (sulfide) groups is 1. The molecule has 0 bridgehead atoms. The quantitative estimate of drug-likeness (QED) is 0.655. The highest BCUT2D eigenvalue weighted by Crippen LogP contribution is 2.11. The van der Waals surface area contributed by atoms with Crippen molar-refractivity contribution in [3.8, 4) is 0 Å². The summed E-state index contributed by atoms with van der Waals surface area (Å²) in [6.45, 7) is 5.25. The van der Waals surface area contributed by atoms with Crippen molar-refractivity contribution in [1.29, 1.82) is 0 Å². The number of carbonyl (C=O) groups excluding carboxylic acids is 1. The van der Waals surface area contributed by atoms with Crippen LogP contribution in [-0.2, 0) is 4.79 Å². The molecule has 0 aromatic heterocycles.